The van der Waals surface area contributed by atoms with Gasteiger partial charge in [-0.05, 0) is 53.2 Å². The lowest BCUT2D eigenvalue weighted by molar-refractivity contribution is -0.116. The van der Waals surface area contributed by atoms with Gasteiger partial charge in [-0.15, -0.1) is 0 Å². The maximum Gasteiger partial charge on any atom is 0.275 e. The Morgan fingerprint density at radius 2 is 1.68 bits per heavy atom. The summed E-state index contributed by atoms with van der Waals surface area (Å²) in [7, 11) is 1.52. The standard InChI is InChI=1S/C29H23FN4O3/c1-37-27-15-20-7-3-2-6-19(20)14-25(27)29(36)33-31-16-21-17-34(26-9-5-4-8-24(21)26)18-28(35)32-23-12-10-22(30)11-13-23/h2-17H,18H2,1H3,(H,32,35)(H,33,36). The van der Waals surface area contributed by atoms with Crippen molar-refractivity contribution in [1.82, 2.24) is 9.99 Å². The minimum atomic E-state index is -0.402. The topological polar surface area (TPSA) is 84.7 Å². The van der Waals surface area contributed by atoms with Crippen LogP contribution < -0.4 is 15.5 Å². The molecule has 0 saturated heterocycles. The van der Waals surface area contributed by atoms with Gasteiger partial charge in [-0.2, -0.15) is 5.10 Å². The Hall–Kier alpha value is -4.98. The summed E-state index contributed by atoms with van der Waals surface area (Å²) < 4.78 is 20.3. The van der Waals surface area contributed by atoms with Crippen LogP contribution in [0.25, 0.3) is 21.7 Å². The molecular formula is C29H23FN4O3. The maximum atomic E-state index is 13.1. The van der Waals surface area contributed by atoms with Crippen LogP contribution in [0.3, 0.4) is 0 Å². The van der Waals surface area contributed by atoms with Gasteiger partial charge in [-0.1, -0.05) is 42.5 Å². The summed E-state index contributed by atoms with van der Waals surface area (Å²) in [6, 6.07) is 24.5. The zero-order valence-corrected chi connectivity index (χ0v) is 19.9. The van der Waals surface area contributed by atoms with E-state index in [1.165, 1.54) is 31.4 Å². The van der Waals surface area contributed by atoms with Gasteiger partial charge >= 0.3 is 0 Å². The van der Waals surface area contributed by atoms with Crippen LogP contribution in [0, 0.1) is 5.82 Å². The van der Waals surface area contributed by atoms with Gasteiger partial charge in [0, 0.05) is 28.4 Å². The molecule has 184 valence electrons. The molecule has 0 saturated carbocycles. The molecule has 1 heterocycles. The molecule has 2 N–H and O–H groups in total. The Balaban J connectivity index is 1.34. The lowest BCUT2D eigenvalue weighted by Crippen LogP contribution is -2.18. The van der Waals surface area contributed by atoms with Crippen molar-refractivity contribution in [2.45, 2.75) is 6.54 Å². The van der Waals surface area contributed by atoms with Gasteiger partial charge in [0.05, 0.1) is 18.9 Å². The minimum Gasteiger partial charge on any atom is -0.496 e. The number of carbonyl (C=O) groups is 2. The second-order valence-corrected chi connectivity index (χ2v) is 8.38. The van der Waals surface area contributed by atoms with Crippen LogP contribution in [0.4, 0.5) is 10.1 Å². The smallest absolute Gasteiger partial charge is 0.275 e. The van der Waals surface area contributed by atoms with Crippen molar-refractivity contribution in [3.63, 3.8) is 0 Å². The number of hydrogen-bond donors (Lipinski definition) is 2. The zero-order valence-electron chi connectivity index (χ0n) is 19.9. The summed E-state index contributed by atoms with van der Waals surface area (Å²) in [5, 5.41) is 9.68. The van der Waals surface area contributed by atoms with Gasteiger partial charge < -0.3 is 14.6 Å². The molecule has 1 aromatic heterocycles. The number of aromatic nitrogens is 1. The summed E-state index contributed by atoms with van der Waals surface area (Å²) in [5.74, 6) is -0.575. The predicted molar refractivity (Wildman–Crippen MR) is 143 cm³/mol. The summed E-state index contributed by atoms with van der Waals surface area (Å²) in [5.41, 5.74) is 5.02. The number of rotatable bonds is 7. The number of hydrogen-bond acceptors (Lipinski definition) is 4. The molecule has 2 amide bonds. The first-order valence-corrected chi connectivity index (χ1v) is 11.6. The van der Waals surface area contributed by atoms with Crippen molar-refractivity contribution in [2.75, 3.05) is 12.4 Å². The largest absolute Gasteiger partial charge is 0.496 e. The molecule has 0 aliphatic rings. The Morgan fingerprint density at radius 1 is 0.973 bits per heavy atom. The highest BCUT2D eigenvalue weighted by atomic mass is 19.1. The van der Waals surface area contributed by atoms with Crippen LogP contribution in [0.5, 0.6) is 5.75 Å². The van der Waals surface area contributed by atoms with Crippen LogP contribution in [0.1, 0.15) is 15.9 Å². The van der Waals surface area contributed by atoms with Crippen LogP contribution in [-0.4, -0.2) is 29.7 Å². The number of carbonyl (C=O) groups excluding carboxylic acids is 2. The van der Waals surface area contributed by atoms with Crippen molar-refractivity contribution in [3.8, 4) is 5.75 Å². The van der Waals surface area contributed by atoms with Crippen molar-refractivity contribution in [2.24, 2.45) is 5.10 Å². The first kappa shape index (κ1) is 23.7. The van der Waals surface area contributed by atoms with E-state index >= 15 is 0 Å². The van der Waals surface area contributed by atoms with Gasteiger partial charge in [0.15, 0.2) is 0 Å². The third-order valence-corrected chi connectivity index (χ3v) is 5.94. The Labute approximate surface area is 212 Å². The number of benzene rings is 4. The van der Waals surface area contributed by atoms with E-state index in [4.69, 9.17) is 4.74 Å². The van der Waals surface area contributed by atoms with Crippen molar-refractivity contribution < 1.29 is 18.7 Å². The number of nitrogens with zero attached hydrogens (tertiary/aromatic N) is 2. The van der Waals surface area contributed by atoms with Gasteiger partial charge in [0.1, 0.15) is 18.1 Å². The lowest BCUT2D eigenvalue weighted by atomic mass is 10.1. The Morgan fingerprint density at radius 3 is 2.43 bits per heavy atom. The highest BCUT2D eigenvalue weighted by Crippen LogP contribution is 2.26. The third kappa shape index (κ3) is 5.18. The van der Waals surface area contributed by atoms with E-state index in [0.717, 1.165) is 27.2 Å². The zero-order chi connectivity index (χ0) is 25.8. The normalized spacial score (nSPS) is 11.2. The molecule has 0 radical (unpaired) electrons. The van der Waals surface area contributed by atoms with Gasteiger partial charge in [0.25, 0.3) is 5.91 Å². The fourth-order valence-corrected chi connectivity index (χ4v) is 4.18. The fraction of sp³-hybridized carbons (Fsp3) is 0.0690. The number of methoxy groups -OCH3 is 1. The van der Waals surface area contributed by atoms with E-state index < -0.39 is 5.91 Å². The number of fused-ring (bicyclic) bond motifs is 2. The first-order chi connectivity index (χ1) is 18.0. The number of para-hydroxylation sites is 1. The molecule has 0 fully saturated rings. The van der Waals surface area contributed by atoms with Crippen molar-refractivity contribution in [3.05, 3.63) is 108 Å². The van der Waals surface area contributed by atoms with E-state index in [0.29, 0.717) is 17.0 Å². The molecule has 5 aromatic rings. The molecule has 8 heteroatoms. The molecular weight excluding hydrogens is 471 g/mol. The molecule has 37 heavy (non-hydrogen) atoms. The molecule has 0 aliphatic carbocycles. The van der Waals surface area contributed by atoms with E-state index in [1.807, 2.05) is 54.6 Å². The third-order valence-electron chi connectivity index (χ3n) is 5.94. The van der Waals surface area contributed by atoms with Crippen LogP contribution >= 0.6 is 0 Å². The summed E-state index contributed by atoms with van der Waals surface area (Å²) in [4.78, 5) is 25.5. The fourth-order valence-electron chi connectivity index (χ4n) is 4.18. The number of halogens is 1. The highest BCUT2D eigenvalue weighted by Gasteiger charge is 2.14. The average molecular weight is 495 g/mol. The minimum absolute atomic E-state index is 0.0480. The number of amides is 2. The molecule has 0 spiro atoms. The monoisotopic (exact) mass is 494 g/mol. The molecule has 0 aliphatic heterocycles. The predicted octanol–water partition coefficient (Wildman–Crippen LogP) is 5.34. The van der Waals surface area contributed by atoms with E-state index in [9.17, 15) is 14.0 Å². The molecule has 0 unspecified atom stereocenters. The van der Waals surface area contributed by atoms with Gasteiger partial charge in [0.2, 0.25) is 5.91 Å². The first-order valence-electron chi connectivity index (χ1n) is 11.6. The quantitative estimate of drug-likeness (QED) is 0.236. The van der Waals surface area contributed by atoms with Crippen LogP contribution in [0.15, 0.2) is 96.2 Å². The number of nitrogens with one attached hydrogen (secondary N) is 2. The maximum absolute atomic E-state index is 13.1. The molecule has 4 aromatic carbocycles. The van der Waals surface area contributed by atoms with Crippen LogP contribution in [-0.2, 0) is 11.3 Å². The SMILES string of the molecule is COc1cc2ccccc2cc1C(=O)NN=Cc1cn(CC(=O)Nc2ccc(F)cc2)c2ccccc12. The van der Waals surface area contributed by atoms with Gasteiger partial charge in [-0.3, -0.25) is 9.59 Å². The average Bonchev–Trinajstić information content (AvgIpc) is 3.26. The molecule has 0 bridgehead atoms. The highest BCUT2D eigenvalue weighted by molar-refractivity contribution is 6.03. The lowest BCUT2D eigenvalue weighted by Gasteiger charge is -2.09. The molecule has 7 nitrogen and oxygen atoms in total. The number of anilines is 1. The number of hydrazone groups is 1. The molecule has 0 atom stereocenters. The molecule has 5 rings (SSSR count). The van der Waals surface area contributed by atoms with Crippen LogP contribution in [0.2, 0.25) is 0 Å². The summed E-state index contributed by atoms with van der Waals surface area (Å²) in [6.45, 7) is 0.0480. The van der Waals surface area contributed by atoms with E-state index in [2.05, 4.69) is 15.8 Å². The van der Waals surface area contributed by atoms with E-state index in [-0.39, 0.29) is 18.3 Å². The van der Waals surface area contributed by atoms with Gasteiger partial charge in [-0.25, -0.2) is 9.82 Å². The summed E-state index contributed by atoms with van der Waals surface area (Å²) in [6.07, 6.45) is 3.34. The van der Waals surface area contributed by atoms with Crippen molar-refractivity contribution in [1.29, 1.82) is 0 Å². The second-order valence-electron chi connectivity index (χ2n) is 8.38. The van der Waals surface area contributed by atoms with Crippen molar-refractivity contribution >= 4 is 45.4 Å². The summed E-state index contributed by atoms with van der Waals surface area (Å²) >= 11 is 0. The Bertz CT molecular complexity index is 1640. The van der Waals surface area contributed by atoms with E-state index in [1.54, 1.807) is 23.0 Å². The Kier molecular flexibility index (Phi) is 6.63. The second kappa shape index (κ2) is 10.3. The number of ether oxygens (including phenoxy) is 1.